The molecule has 0 aliphatic rings. The molecule has 0 radical (unpaired) electrons. The Bertz CT molecular complexity index is 811. The fourth-order valence-corrected chi connectivity index (χ4v) is 3.54. The third kappa shape index (κ3) is 2.29. The van der Waals surface area contributed by atoms with Crippen LogP contribution < -0.4 is 5.73 Å². The van der Waals surface area contributed by atoms with Gasteiger partial charge >= 0.3 is 0 Å². The molecule has 3 nitrogen and oxygen atoms in total. The van der Waals surface area contributed by atoms with Crippen molar-refractivity contribution in [3.8, 4) is 5.69 Å². The number of rotatable bonds is 1. The van der Waals surface area contributed by atoms with Gasteiger partial charge in [-0.15, -0.1) is 0 Å². The van der Waals surface area contributed by atoms with E-state index in [2.05, 4.69) is 43.5 Å². The van der Waals surface area contributed by atoms with Crippen LogP contribution in [0.1, 0.15) is 0 Å². The van der Waals surface area contributed by atoms with E-state index in [1.165, 1.54) is 12.1 Å². The average Bonchev–Trinajstić information content (AvgIpc) is 2.64. The lowest BCUT2D eigenvalue weighted by atomic mass is 10.2. The van der Waals surface area contributed by atoms with Crippen molar-refractivity contribution in [2.75, 3.05) is 5.73 Å². The van der Waals surface area contributed by atoms with Gasteiger partial charge in [0.2, 0.25) is 5.95 Å². The van der Waals surface area contributed by atoms with Crippen molar-refractivity contribution in [2.45, 2.75) is 0 Å². The number of hydrogen-bond acceptors (Lipinski definition) is 2. The van der Waals surface area contributed by atoms with Gasteiger partial charge < -0.3 is 5.73 Å². The van der Waals surface area contributed by atoms with E-state index < -0.39 is 5.82 Å². The van der Waals surface area contributed by atoms with Crippen molar-refractivity contribution in [3.63, 3.8) is 0 Å². The van der Waals surface area contributed by atoms with Crippen LogP contribution in [-0.4, -0.2) is 9.55 Å². The lowest BCUT2D eigenvalue weighted by Gasteiger charge is -2.11. The van der Waals surface area contributed by atoms with E-state index in [1.807, 2.05) is 18.2 Å². The summed E-state index contributed by atoms with van der Waals surface area (Å²) in [5.41, 5.74) is 8.15. The van der Waals surface area contributed by atoms with Gasteiger partial charge in [0.25, 0.3) is 0 Å². The fraction of sp³-hybridized carbons (Fsp3) is 0. The van der Waals surface area contributed by atoms with Crippen LogP contribution in [0.25, 0.3) is 16.7 Å². The Morgan fingerprint density at radius 1 is 1.30 bits per heavy atom. The molecule has 0 saturated carbocycles. The number of aromatic nitrogens is 2. The SMILES string of the molecule is Nc1nc2cc(I)ccc2n1-c1c(Cl)cc(F)cc1Br. The third-order valence-corrected chi connectivity index (χ3v) is 4.41. The van der Waals surface area contributed by atoms with Crippen LogP contribution in [0.4, 0.5) is 10.3 Å². The number of fused-ring (bicyclic) bond motifs is 1. The molecule has 3 aromatic rings. The van der Waals surface area contributed by atoms with Gasteiger partial charge in [-0.25, -0.2) is 9.37 Å². The number of nitrogens with two attached hydrogens (primary N) is 1. The Kier molecular flexibility index (Phi) is 3.64. The summed E-state index contributed by atoms with van der Waals surface area (Å²) in [5, 5.41) is 0.265. The van der Waals surface area contributed by atoms with Gasteiger partial charge in [-0.2, -0.15) is 0 Å². The van der Waals surface area contributed by atoms with Crippen LogP contribution in [0.3, 0.4) is 0 Å². The van der Waals surface area contributed by atoms with Gasteiger partial charge in [0, 0.05) is 8.04 Å². The highest BCUT2D eigenvalue weighted by Crippen LogP contribution is 2.34. The molecule has 1 heterocycles. The van der Waals surface area contributed by atoms with Crippen LogP contribution in [0.2, 0.25) is 5.02 Å². The first kappa shape index (κ1) is 14.1. The van der Waals surface area contributed by atoms with Crippen LogP contribution in [0, 0.1) is 9.39 Å². The van der Waals surface area contributed by atoms with E-state index in [1.54, 1.807) is 4.57 Å². The summed E-state index contributed by atoms with van der Waals surface area (Å²) in [5.74, 6) is -0.112. The van der Waals surface area contributed by atoms with E-state index in [0.29, 0.717) is 16.1 Å². The molecule has 7 heteroatoms. The number of nitrogen functional groups attached to an aromatic ring is 1. The van der Waals surface area contributed by atoms with Crippen LogP contribution in [0.5, 0.6) is 0 Å². The smallest absolute Gasteiger partial charge is 0.206 e. The quantitative estimate of drug-likeness (QED) is 0.526. The monoisotopic (exact) mass is 465 g/mol. The second-order valence-electron chi connectivity index (χ2n) is 4.16. The summed E-state index contributed by atoms with van der Waals surface area (Å²) in [7, 11) is 0. The predicted octanol–water partition coefficient (Wildman–Crippen LogP) is 4.77. The van der Waals surface area contributed by atoms with E-state index in [0.717, 1.165) is 14.6 Å². The lowest BCUT2D eigenvalue weighted by Crippen LogP contribution is -2.02. The number of halogens is 4. The van der Waals surface area contributed by atoms with Gasteiger partial charge in [0.15, 0.2) is 0 Å². The Labute approximate surface area is 141 Å². The molecule has 0 unspecified atom stereocenters. The first-order valence-corrected chi connectivity index (χ1v) is 7.81. The molecule has 0 spiro atoms. The summed E-state index contributed by atoms with van der Waals surface area (Å²) >= 11 is 11.7. The molecule has 1 aromatic heterocycles. The van der Waals surface area contributed by atoms with E-state index >= 15 is 0 Å². The van der Waals surface area contributed by atoms with Gasteiger partial charge in [-0.05, 0) is 68.9 Å². The van der Waals surface area contributed by atoms with Crippen LogP contribution in [-0.2, 0) is 0 Å². The van der Waals surface area contributed by atoms with E-state index in [9.17, 15) is 4.39 Å². The molecule has 3 rings (SSSR count). The van der Waals surface area contributed by atoms with Crippen molar-refractivity contribution in [1.82, 2.24) is 9.55 Å². The second-order valence-corrected chi connectivity index (χ2v) is 6.66. The normalized spacial score (nSPS) is 11.2. The Hall–Kier alpha value is -0.860. The second kappa shape index (κ2) is 5.16. The van der Waals surface area contributed by atoms with Gasteiger partial charge in [0.1, 0.15) is 5.82 Å². The Morgan fingerprint density at radius 2 is 2.05 bits per heavy atom. The highest BCUT2D eigenvalue weighted by molar-refractivity contribution is 14.1. The maximum absolute atomic E-state index is 13.3. The predicted molar refractivity (Wildman–Crippen MR) is 90.9 cm³/mol. The number of benzene rings is 2. The molecule has 20 heavy (non-hydrogen) atoms. The minimum atomic E-state index is -0.414. The van der Waals surface area contributed by atoms with Crippen molar-refractivity contribution in [3.05, 3.63) is 49.2 Å². The molecule has 0 saturated heterocycles. The molecule has 0 atom stereocenters. The number of hydrogen-bond donors (Lipinski definition) is 1. The van der Waals surface area contributed by atoms with Gasteiger partial charge in [-0.1, -0.05) is 11.6 Å². The Balaban J connectivity index is 2.38. The molecule has 0 aliphatic carbocycles. The van der Waals surface area contributed by atoms with E-state index in [-0.39, 0.29) is 5.02 Å². The average molecular weight is 466 g/mol. The lowest BCUT2D eigenvalue weighted by molar-refractivity contribution is 0.626. The number of nitrogens with zero attached hydrogens (tertiary/aromatic N) is 2. The summed E-state index contributed by atoms with van der Waals surface area (Å²) in [6, 6.07) is 8.38. The zero-order valence-corrected chi connectivity index (χ0v) is 14.4. The molecule has 0 bridgehead atoms. The molecule has 2 aromatic carbocycles. The minimum absolute atomic E-state index is 0.265. The number of imidazole rings is 1. The van der Waals surface area contributed by atoms with E-state index in [4.69, 9.17) is 17.3 Å². The third-order valence-electron chi connectivity index (χ3n) is 2.85. The summed E-state index contributed by atoms with van der Waals surface area (Å²) in [4.78, 5) is 4.32. The first-order valence-electron chi connectivity index (χ1n) is 5.56. The topological polar surface area (TPSA) is 43.8 Å². The zero-order chi connectivity index (χ0) is 14.4. The van der Waals surface area contributed by atoms with Crippen LogP contribution in [0.15, 0.2) is 34.8 Å². The molecule has 2 N–H and O–H groups in total. The van der Waals surface area contributed by atoms with Crippen molar-refractivity contribution in [1.29, 1.82) is 0 Å². The molecular formula is C13H7BrClFIN3. The van der Waals surface area contributed by atoms with Crippen molar-refractivity contribution < 1.29 is 4.39 Å². The standard InChI is InChI=1S/C13H7BrClFIN3/c14-8-3-6(16)4-9(15)12(8)20-11-2-1-7(17)5-10(11)19-13(20)18/h1-5H,(H2,18,19). The zero-order valence-electron chi connectivity index (χ0n) is 9.87. The van der Waals surface area contributed by atoms with Gasteiger partial charge in [0.05, 0.1) is 21.7 Å². The molecule has 102 valence electrons. The summed E-state index contributed by atoms with van der Waals surface area (Å²) in [6.07, 6.45) is 0. The van der Waals surface area contributed by atoms with Crippen molar-refractivity contribution in [2.24, 2.45) is 0 Å². The fourth-order valence-electron chi connectivity index (χ4n) is 2.06. The maximum Gasteiger partial charge on any atom is 0.206 e. The van der Waals surface area contributed by atoms with Crippen LogP contribution >= 0.6 is 50.1 Å². The largest absolute Gasteiger partial charge is 0.369 e. The Morgan fingerprint density at radius 3 is 2.75 bits per heavy atom. The molecular weight excluding hydrogens is 459 g/mol. The highest BCUT2D eigenvalue weighted by atomic mass is 127. The summed E-state index contributed by atoms with van der Waals surface area (Å²) < 4.78 is 16.6. The first-order chi connectivity index (χ1) is 9.47. The maximum atomic E-state index is 13.3. The highest BCUT2D eigenvalue weighted by Gasteiger charge is 2.16. The molecule has 0 fully saturated rings. The molecule has 0 amide bonds. The molecule has 0 aliphatic heterocycles. The number of anilines is 1. The van der Waals surface area contributed by atoms with Gasteiger partial charge in [-0.3, -0.25) is 4.57 Å². The summed E-state index contributed by atoms with van der Waals surface area (Å²) in [6.45, 7) is 0. The van der Waals surface area contributed by atoms with Crippen molar-refractivity contribution >= 4 is 67.1 Å². The minimum Gasteiger partial charge on any atom is -0.369 e.